The van der Waals surface area contributed by atoms with Gasteiger partial charge in [0.15, 0.2) is 5.76 Å². The average Bonchev–Trinajstić information content (AvgIpc) is 3.28. The molecule has 7 heteroatoms. The number of benzene rings is 2. The van der Waals surface area contributed by atoms with Gasteiger partial charge in [-0.25, -0.2) is 0 Å². The minimum absolute atomic E-state index is 0.0124. The van der Waals surface area contributed by atoms with Crippen LogP contribution in [0, 0.1) is 0 Å². The summed E-state index contributed by atoms with van der Waals surface area (Å²) in [5.74, 6) is 0.114. The highest BCUT2D eigenvalue weighted by atomic mass is 35.5. The largest absolute Gasteiger partial charge is 0.450 e. The van der Waals surface area contributed by atoms with Gasteiger partial charge in [0, 0.05) is 21.2 Å². The first-order valence-electron chi connectivity index (χ1n) is 8.23. The van der Waals surface area contributed by atoms with Crippen molar-refractivity contribution in [2.24, 2.45) is 0 Å². The molecule has 3 aromatic rings. The molecule has 1 aliphatic heterocycles. The monoisotopic (exact) mass is 400 g/mol. The van der Waals surface area contributed by atoms with Crippen LogP contribution in [0.1, 0.15) is 10.6 Å². The fourth-order valence-corrected chi connectivity index (χ4v) is 3.36. The van der Waals surface area contributed by atoms with Gasteiger partial charge in [0.25, 0.3) is 5.91 Å². The zero-order valence-corrected chi connectivity index (χ0v) is 15.6. The first-order valence-corrected chi connectivity index (χ1v) is 8.98. The van der Waals surface area contributed by atoms with Crippen LogP contribution in [0.25, 0.3) is 22.5 Å². The summed E-state index contributed by atoms with van der Waals surface area (Å²) in [6.45, 7) is 0.176. The molecule has 5 nitrogen and oxygen atoms in total. The minimum Gasteiger partial charge on any atom is -0.450 e. The molecule has 1 fully saturated rings. The number of nitrogens with zero attached hydrogens (tertiary/aromatic N) is 1. The number of rotatable bonds is 3. The van der Waals surface area contributed by atoms with Crippen molar-refractivity contribution in [2.75, 3.05) is 13.2 Å². The molecular weight excluding hydrogens is 387 g/mol. The van der Waals surface area contributed by atoms with Gasteiger partial charge in [0.05, 0.1) is 6.67 Å². The van der Waals surface area contributed by atoms with E-state index in [0.717, 1.165) is 16.7 Å². The predicted molar refractivity (Wildman–Crippen MR) is 104 cm³/mol. The van der Waals surface area contributed by atoms with E-state index >= 15 is 0 Å². The molecule has 27 heavy (non-hydrogen) atoms. The highest BCUT2D eigenvalue weighted by molar-refractivity contribution is 6.31. The van der Waals surface area contributed by atoms with E-state index < -0.39 is 0 Å². The molecule has 136 valence electrons. The van der Waals surface area contributed by atoms with E-state index in [1.54, 1.807) is 30.3 Å². The highest BCUT2D eigenvalue weighted by Gasteiger charge is 2.28. The molecule has 2 heterocycles. The molecule has 1 aromatic heterocycles. The summed E-state index contributed by atoms with van der Waals surface area (Å²) in [5, 5.41) is 3.74. The molecule has 0 atom stereocenters. The number of furan rings is 1. The highest BCUT2D eigenvalue weighted by Crippen LogP contribution is 2.37. The van der Waals surface area contributed by atoms with Crippen molar-refractivity contribution in [1.82, 2.24) is 10.2 Å². The van der Waals surface area contributed by atoms with Gasteiger partial charge in [-0.05, 0) is 35.9 Å². The van der Waals surface area contributed by atoms with Gasteiger partial charge < -0.3 is 14.6 Å². The number of nitrogens with one attached hydrogen (secondary N) is 1. The van der Waals surface area contributed by atoms with Crippen LogP contribution in [0.15, 0.2) is 59.0 Å². The minimum atomic E-state index is -0.357. The zero-order chi connectivity index (χ0) is 19.0. The zero-order valence-electron chi connectivity index (χ0n) is 14.0. The Morgan fingerprint density at radius 3 is 2.30 bits per heavy atom. The van der Waals surface area contributed by atoms with Crippen molar-refractivity contribution < 1.29 is 14.0 Å². The number of carbonyl (C=O) groups excluding carboxylic acids is 2. The molecule has 0 radical (unpaired) electrons. The third-order valence-corrected chi connectivity index (χ3v) is 4.72. The van der Waals surface area contributed by atoms with Crippen LogP contribution in [-0.2, 0) is 4.79 Å². The smallest absolute Gasteiger partial charge is 0.291 e. The van der Waals surface area contributed by atoms with Crippen LogP contribution in [0.2, 0.25) is 10.0 Å². The SMILES string of the molecule is O=C1CN(C(=O)c2cc(-c3cccc(Cl)c3)c(-c3cccc(Cl)c3)o2)CN1. The Morgan fingerprint density at radius 2 is 1.67 bits per heavy atom. The lowest BCUT2D eigenvalue weighted by Gasteiger charge is -2.10. The van der Waals surface area contributed by atoms with Crippen LogP contribution in [0.4, 0.5) is 0 Å². The normalized spacial score (nSPS) is 13.7. The van der Waals surface area contributed by atoms with E-state index in [1.807, 2.05) is 24.3 Å². The van der Waals surface area contributed by atoms with Crippen molar-refractivity contribution in [1.29, 1.82) is 0 Å². The molecule has 0 unspecified atom stereocenters. The Kier molecular flexibility index (Phi) is 4.64. The van der Waals surface area contributed by atoms with Gasteiger partial charge in [-0.3, -0.25) is 9.59 Å². The Labute approximate surface area is 165 Å². The molecule has 1 N–H and O–H groups in total. The molecule has 1 saturated heterocycles. The molecule has 0 spiro atoms. The number of carbonyl (C=O) groups is 2. The molecule has 0 bridgehead atoms. The van der Waals surface area contributed by atoms with E-state index in [9.17, 15) is 9.59 Å². The lowest BCUT2D eigenvalue weighted by molar-refractivity contribution is -0.118. The van der Waals surface area contributed by atoms with Crippen LogP contribution in [0.3, 0.4) is 0 Å². The van der Waals surface area contributed by atoms with Crippen LogP contribution >= 0.6 is 23.2 Å². The molecule has 4 rings (SSSR count). The first kappa shape index (κ1) is 17.6. The summed E-state index contributed by atoms with van der Waals surface area (Å²) in [6.07, 6.45) is 0. The van der Waals surface area contributed by atoms with Crippen LogP contribution < -0.4 is 5.32 Å². The van der Waals surface area contributed by atoms with E-state index in [2.05, 4.69) is 5.32 Å². The molecule has 1 aliphatic rings. The Morgan fingerprint density at radius 1 is 1.00 bits per heavy atom. The third kappa shape index (κ3) is 3.56. The van der Waals surface area contributed by atoms with E-state index in [1.165, 1.54) is 4.90 Å². The molecule has 0 aliphatic carbocycles. The maximum Gasteiger partial charge on any atom is 0.291 e. The topological polar surface area (TPSA) is 62.6 Å². The maximum absolute atomic E-state index is 12.7. The first-order chi connectivity index (χ1) is 13.0. The van der Waals surface area contributed by atoms with Gasteiger partial charge in [-0.1, -0.05) is 47.5 Å². The number of hydrogen-bond acceptors (Lipinski definition) is 3. The van der Waals surface area contributed by atoms with Crippen molar-refractivity contribution in [3.8, 4) is 22.5 Å². The van der Waals surface area contributed by atoms with Crippen molar-refractivity contribution in [3.63, 3.8) is 0 Å². The molecule has 2 aromatic carbocycles. The molecular formula is C20H14Cl2N2O3. The second kappa shape index (κ2) is 7.10. The second-order valence-corrected chi connectivity index (χ2v) is 7.01. The standard InChI is InChI=1S/C20H14Cl2N2O3/c21-14-5-1-3-12(7-14)16-9-17(20(26)24-10-18(25)23-11-24)27-19(16)13-4-2-6-15(22)8-13/h1-9H,10-11H2,(H,23,25). The fourth-order valence-electron chi connectivity index (χ4n) is 2.98. The summed E-state index contributed by atoms with van der Waals surface area (Å²) in [4.78, 5) is 25.6. The Bertz CT molecular complexity index is 982. The second-order valence-electron chi connectivity index (χ2n) is 6.14. The van der Waals surface area contributed by atoms with Gasteiger partial charge >= 0.3 is 0 Å². The summed E-state index contributed by atoms with van der Waals surface area (Å²) in [6, 6.07) is 16.2. The van der Waals surface area contributed by atoms with Gasteiger partial charge in [0.2, 0.25) is 5.91 Å². The van der Waals surface area contributed by atoms with Crippen molar-refractivity contribution in [2.45, 2.75) is 0 Å². The van der Waals surface area contributed by atoms with E-state index in [-0.39, 0.29) is 30.8 Å². The number of halogens is 2. The summed E-state index contributed by atoms with van der Waals surface area (Å²) < 4.78 is 5.93. The fraction of sp³-hybridized carbons (Fsp3) is 0.100. The third-order valence-electron chi connectivity index (χ3n) is 4.25. The predicted octanol–water partition coefficient (Wildman–Crippen LogP) is 4.45. The van der Waals surface area contributed by atoms with Gasteiger partial charge in [-0.2, -0.15) is 0 Å². The number of hydrogen-bond donors (Lipinski definition) is 1. The molecule has 0 saturated carbocycles. The summed E-state index contributed by atoms with van der Waals surface area (Å²) in [5.41, 5.74) is 2.28. The lowest BCUT2D eigenvalue weighted by atomic mass is 10.0. The number of amides is 2. The van der Waals surface area contributed by atoms with E-state index in [0.29, 0.717) is 15.8 Å². The van der Waals surface area contributed by atoms with Gasteiger partial charge in [-0.15, -0.1) is 0 Å². The molecule has 2 amide bonds. The summed E-state index contributed by atoms with van der Waals surface area (Å²) >= 11 is 12.3. The van der Waals surface area contributed by atoms with Crippen LogP contribution in [0.5, 0.6) is 0 Å². The van der Waals surface area contributed by atoms with E-state index in [4.69, 9.17) is 27.6 Å². The average molecular weight is 401 g/mol. The van der Waals surface area contributed by atoms with Crippen molar-refractivity contribution in [3.05, 3.63) is 70.4 Å². The quantitative estimate of drug-likeness (QED) is 0.706. The summed E-state index contributed by atoms with van der Waals surface area (Å²) in [7, 11) is 0. The lowest BCUT2D eigenvalue weighted by Crippen LogP contribution is -2.29. The Hall–Kier alpha value is -2.76. The van der Waals surface area contributed by atoms with Crippen LogP contribution in [-0.4, -0.2) is 29.9 Å². The maximum atomic E-state index is 12.7. The van der Waals surface area contributed by atoms with Gasteiger partial charge in [0.1, 0.15) is 12.3 Å². The Balaban J connectivity index is 1.82. The van der Waals surface area contributed by atoms with Crippen molar-refractivity contribution >= 4 is 35.0 Å².